The molecule has 3 aliphatic rings. The van der Waals surface area contributed by atoms with Crippen molar-refractivity contribution in [2.24, 2.45) is 21.8 Å². The molecule has 1 saturated heterocycles. The maximum atomic E-state index is 11.9. The largest absolute Gasteiger partial charge is 0.455 e. The van der Waals surface area contributed by atoms with Crippen molar-refractivity contribution in [3.8, 4) is 0 Å². The maximum absolute atomic E-state index is 11.9. The lowest BCUT2D eigenvalue weighted by Crippen LogP contribution is -2.35. The Labute approximate surface area is 153 Å². The van der Waals surface area contributed by atoms with E-state index in [1.54, 1.807) is 0 Å². The lowest BCUT2D eigenvalue weighted by molar-refractivity contribution is -0.148. The van der Waals surface area contributed by atoms with Crippen LogP contribution in [0.4, 0.5) is 4.79 Å². The molecule has 3 fully saturated rings. The van der Waals surface area contributed by atoms with Gasteiger partial charge in [-0.05, 0) is 30.6 Å². The number of esters is 1. The van der Waals surface area contributed by atoms with Crippen molar-refractivity contribution in [1.29, 1.82) is 0 Å². The highest BCUT2D eigenvalue weighted by Gasteiger charge is 2.60. The lowest BCUT2D eigenvalue weighted by Gasteiger charge is -2.34. The van der Waals surface area contributed by atoms with Gasteiger partial charge in [0.05, 0.1) is 13.0 Å². The van der Waals surface area contributed by atoms with Crippen molar-refractivity contribution < 1.29 is 23.9 Å². The summed E-state index contributed by atoms with van der Waals surface area (Å²) in [7, 11) is 0. The molecule has 144 valence electrons. The van der Waals surface area contributed by atoms with Crippen LogP contribution in [0, 0.1) is 16.7 Å². The Morgan fingerprint density at radius 1 is 1.38 bits per heavy atom. The van der Waals surface area contributed by atoms with Gasteiger partial charge in [-0.1, -0.05) is 20.8 Å². The first-order valence-corrected chi connectivity index (χ1v) is 9.17. The number of nitrogens with zero attached hydrogens (tertiary/aromatic N) is 2. The summed E-state index contributed by atoms with van der Waals surface area (Å²) in [6.45, 7) is 7.43. The van der Waals surface area contributed by atoms with Gasteiger partial charge in [-0.25, -0.2) is 10.2 Å². The summed E-state index contributed by atoms with van der Waals surface area (Å²) in [4.78, 5) is 36.3. The number of hydrazone groups is 1. The summed E-state index contributed by atoms with van der Waals surface area (Å²) in [5, 5.41) is 4.33. The van der Waals surface area contributed by atoms with Crippen molar-refractivity contribution in [1.82, 2.24) is 10.3 Å². The molecule has 0 aromatic heterocycles. The first-order chi connectivity index (χ1) is 12.2. The number of carbonyl (C=O) groups excluding carboxylic acids is 3. The smallest absolute Gasteiger partial charge is 0.409 e. The van der Waals surface area contributed by atoms with Gasteiger partial charge in [0.1, 0.15) is 6.61 Å². The molecule has 0 spiro atoms. The Hall–Kier alpha value is -2.12. The Kier molecular flexibility index (Phi) is 4.94. The molecule has 1 N–H and O–H groups in total. The van der Waals surface area contributed by atoms with E-state index in [0.717, 1.165) is 18.6 Å². The van der Waals surface area contributed by atoms with Crippen LogP contribution >= 0.6 is 0 Å². The predicted molar refractivity (Wildman–Crippen MR) is 93.3 cm³/mol. The van der Waals surface area contributed by atoms with E-state index in [2.05, 4.69) is 31.3 Å². The van der Waals surface area contributed by atoms with Gasteiger partial charge < -0.3 is 14.4 Å². The third kappa shape index (κ3) is 3.29. The third-order valence-corrected chi connectivity index (χ3v) is 6.62. The minimum absolute atomic E-state index is 0.0198. The second kappa shape index (κ2) is 6.89. The standard InChI is InChI=1S/C18H27N3O5/c1-17(2)12-4-6-18(17,3)13(10-12)19-20-14(22)11-26-15(23)5-7-21-8-9-25-16(21)24/h12H,4-11H2,1-3H3,(H,20,22)/b19-13+. The van der Waals surface area contributed by atoms with Crippen LogP contribution in [-0.2, 0) is 19.1 Å². The summed E-state index contributed by atoms with van der Waals surface area (Å²) < 4.78 is 9.72. The number of rotatable bonds is 6. The summed E-state index contributed by atoms with van der Waals surface area (Å²) in [6, 6.07) is 0. The Bertz CT molecular complexity index is 645. The molecule has 3 rings (SSSR count). The average Bonchev–Trinajstić information content (AvgIpc) is 3.16. The van der Waals surface area contributed by atoms with Crippen LogP contribution in [0.1, 0.15) is 46.5 Å². The molecule has 1 heterocycles. The van der Waals surface area contributed by atoms with Gasteiger partial charge in [-0.15, -0.1) is 0 Å². The molecule has 26 heavy (non-hydrogen) atoms. The van der Waals surface area contributed by atoms with E-state index in [1.165, 1.54) is 11.3 Å². The van der Waals surface area contributed by atoms with Gasteiger partial charge in [-0.2, -0.15) is 5.10 Å². The fraction of sp³-hybridized carbons (Fsp3) is 0.778. The molecule has 2 atom stereocenters. The first kappa shape index (κ1) is 18.7. The van der Waals surface area contributed by atoms with Crippen molar-refractivity contribution in [3.63, 3.8) is 0 Å². The quantitative estimate of drug-likeness (QED) is 0.571. The van der Waals surface area contributed by atoms with Crippen molar-refractivity contribution in [3.05, 3.63) is 0 Å². The topological polar surface area (TPSA) is 97.3 Å². The fourth-order valence-electron chi connectivity index (χ4n) is 4.33. The molecule has 8 nitrogen and oxygen atoms in total. The zero-order valence-corrected chi connectivity index (χ0v) is 15.7. The van der Waals surface area contributed by atoms with E-state index in [1.807, 2.05) is 0 Å². The summed E-state index contributed by atoms with van der Waals surface area (Å²) >= 11 is 0. The number of nitrogens with one attached hydrogen (secondary N) is 1. The Morgan fingerprint density at radius 2 is 2.15 bits per heavy atom. The van der Waals surface area contributed by atoms with Crippen molar-refractivity contribution >= 4 is 23.7 Å². The van der Waals surface area contributed by atoms with Crippen LogP contribution < -0.4 is 5.43 Å². The molecular weight excluding hydrogens is 338 g/mol. The van der Waals surface area contributed by atoms with Crippen LogP contribution in [0.2, 0.25) is 0 Å². The van der Waals surface area contributed by atoms with Crippen molar-refractivity contribution in [2.75, 3.05) is 26.3 Å². The van der Waals surface area contributed by atoms with E-state index in [9.17, 15) is 14.4 Å². The minimum atomic E-state index is -0.527. The SMILES string of the molecule is CC12CCC(C/C1=N\NC(=O)COC(=O)CCN1CCOC1=O)C2(C)C. The van der Waals surface area contributed by atoms with Gasteiger partial charge >= 0.3 is 12.1 Å². The number of ether oxygens (including phenoxy) is 2. The lowest BCUT2D eigenvalue weighted by atomic mass is 9.70. The number of hydrogen-bond donors (Lipinski definition) is 1. The number of fused-ring (bicyclic) bond motifs is 2. The minimum Gasteiger partial charge on any atom is -0.455 e. The van der Waals surface area contributed by atoms with Crippen LogP contribution in [0.5, 0.6) is 0 Å². The molecule has 2 bridgehead atoms. The van der Waals surface area contributed by atoms with Gasteiger partial charge in [0.15, 0.2) is 6.61 Å². The first-order valence-electron chi connectivity index (χ1n) is 9.17. The monoisotopic (exact) mass is 365 g/mol. The molecular formula is C18H27N3O5. The third-order valence-electron chi connectivity index (χ3n) is 6.62. The highest BCUT2D eigenvalue weighted by Crippen LogP contribution is 2.63. The second-order valence-corrected chi connectivity index (χ2v) is 8.10. The van der Waals surface area contributed by atoms with E-state index in [0.29, 0.717) is 19.1 Å². The molecule has 2 aliphatic carbocycles. The Morgan fingerprint density at radius 3 is 2.73 bits per heavy atom. The van der Waals surface area contributed by atoms with E-state index in [4.69, 9.17) is 9.47 Å². The van der Waals surface area contributed by atoms with Gasteiger partial charge in [0.25, 0.3) is 5.91 Å². The predicted octanol–water partition coefficient (Wildman–Crippen LogP) is 1.69. The molecule has 1 aliphatic heterocycles. The number of hydrogen-bond acceptors (Lipinski definition) is 6. The zero-order chi connectivity index (χ0) is 18.9. The molecule has 0 radical (unpaired) electrons. The van der Waals surface area contributed by atoms with Crippen LogP contribution in [0.15, 0.2) is 5.10 Å². The number of amides is 2. The van der Waals surface area contributed by atoms with Gasteiger partial charge in [0.2, 0.25) is 0 Å². The normalized spacial score (nSPS) is 30.6. The van der Waals surface area contributed by atoms with Crippen LogP contribution in [-0.4, -0.2) is 54.9 Å². The summed E-state index contributed by atoms with van der Waals surface area (Å²) in [5.41, 5.74) is 3.77. The second-order valence-electron chi connectivity index (χ2n) is 8.10. The van der Waals surface area contributed by atoms with Crippen molar-refractivity contribution in [2.45, 2.75) is 46.5 Å². The molecule has 2 saturated carbocycles. The highest BCUT2D eigenvalue weighted by atomic mass is 16.6. The van der Waals surface area contributed by atoms with Gasteiger partial charge in [-0.3, -0.25) is 9.59 Å². The van der Waals surface area contributed by atoms with E-state index < -0.39 is 18.0 Å². The summed E-state index contributed by atoms with van der Waals surface area (Å²) in [6.07, 6.45) is 2.82. The molecule has 2 amide bonds. The van der Waals surface area contributed by atoms with E-state index >= 15 is 0 Å². The van der Waals surface area contributed by atoms with Crippen LogP contribution in [0.25, 0.3) is 0 Å². The zero-order valence-electron chi connectivity index (χ0n) is 15.7. The summed E-state index contributed by atoms with van der Waals surface area (Å²) in [5.74, 6) is -0.366. The molecule has 8 heteroatoms. The fourth-order valence-corrected chi connectivity index (χ4v) is 4.33. The molecule has 0 aromatic carbocycles. The highest BCUT2D eigenvalue weighted by molar-refractivity contribution is 5.95. The number of carbonyl (C=O) groups is 3. The maximum Gasteiger partial charge on any atom is 0.409 e. The number of cyclic esters (lactones) is 1. The average molecular weight is 365 g/mol. The van der Waals surface area contributed by atoms with Gasteiger partial charge in [0, 0.05) is 17.7 Å². The molecule has 2 unspecified atom stereocenters. The van der Waals surface area contributed by atoms with E-state index in [-0.39, 0.29) is 30.4 Å². The molecule has 0 aromatic rings. The Balaban J connectivity index is 1.41. The van der Waals surface area contributed by atoms with Crippen LogP contribution in [0.3, 0.4) is 0 Å².